The number of ether oxygens (including phenoxy) is 1. The van der Waals surface area contributed by atoms with Gasteiger partial charge in [0.2, 0.25) is 11.8 Å². The number of anilines is 3. The van der Waals surface area contributed by atoms with Crippen molar-refractivity contribution < 1.29 is 9.53 Å². The molecule has 2 aromatic carbocycles. The molecule has 0 bridgehead atoms. The summed E-state index contributed by atoms with van der Waals surface area (Å²) in [5, 5.41) is 6.17. The molecule has 7 nitrogen and oxygen atoms in total. The van der Waals surface area contributed by atoms with Gasteiger partial charge in [-0.25, -0.2) is 9.97 Å². The average molecular weight is 499 g/mol. The van der Waals surface area contributed by atoms with E-state index in [0.717, 1.165) is 16.8 Å². The highest BCUT2D eigenvalue weighted by Crippen LogP contribution is 2.28. The van der Waals surface area contributed by atoms with Gasteiger partial charge >= 0.3 is 0 Å². The summed E-state index contributed by atoms with van der Waals surface area (Å²) in [6.07, 6.45) is 5.06. The van der Waals surface area contributed by atoms with Crippen molar-refractivity contribution in [1.29, 1.82) is 0 Å². The topological polar surface area (TPSA) is 80.6 Å². The second kappa shape index (κ2) is 8.48. The normalized spacial score (nSPS) is 10.7. The molecule has 0 saturated carbocycles. The number of carbonyl (C=O) groups is 1. The second-order valence-corrected chi connectivity index (χ2v) is 7.11. The van der Waals surface area contributed by atoms with Crippen LogP contribution in [0.1, 0.15) is 5.56 Å². The Kier molecular flexibility index (Phi) is 5.61. The number of hydrogen-bond donors (Lipinski definition) is 2. The molecule has 0 aliphatic carbocycles. The Balaban J connectivity index is 1.62. The first-order valence-electron chi connectivity index (χ1n) is 8.91. The third-order valence-electron chi connectivity index (χ3n) is 4.28. The van der Waals surface area contributed by atoms with Gasteiger partial charge in [-0.1, -0.05) is 46.9 Å². The third-order valence-corrected chi connectivity index (χ3v) is 4.98. The zero-order chi connectivity index (χ0) is 20.2. The fourth-order valence-corrected chi connectivity index (χ4v) is 3.05. The Bertz CT molecular complexity index is 1170. The molecule has 0 fully saturated rings. The minimum atomic E-state index is -0.0620. The van der Waals surface area contributed by atoms with Crippen LogP contribution in [0.25, 0.3) is 5.52 Å². The van der Waals surface area contributed by atoms with Gasteiger partial charge < -0.3 is 15.4 Å². The van der Waals surface area contributed by atoms with E-state index in [2.05, 4.69) is 20.6 Å². The Morgan fingerprint density at radius 3 is 2.86 bits per heavy atom. The smallest absolute Gasteiger partial charge is 0.234 e. The second-order valence-electron chi connectivity index (χ2n) is 6.35. The average Bonchev–Trinajstić information content (AvgIpc) is 3.22. The van der Waals surface area contributed by atoms with Crippen molar-refractivity contribution in [1.82, 2.24) is 14.4 Å². The molecule has 0 aliphatic rings. The third kappa shape index (κ3) is 4.32. The van der Waals surface area contributed by atoms with E-state index in [0.29, 0.717) is 27.6 Å². The first-order chi connectivity index (χ1) is 14.1. The molecule has 2 N–H and O–H groups in total. The van der Waals surface area contributed by atoms with Crippen LogP contribution in [0.2, 0.25) is 0 Å². The molecule has 29 heavy (non-hydrogen) atoms. The maximum Gasteiger partial charge on any atom is 0.234 e. The zero-order valence-corrected chi connectivity index (χ0v) is 17.8. The highest BCUT2D eigenvalue weighted by molar-refractivity contribution is 14.1. The van der Waals surface area contributed by atoms with Crippen LogP contribution in [0.4, 0.5) is 17.2 Å². The van der Waals surface area contributed by atoms with E-state index in [4.69, 9.17) is 4.74 Å². The number of amides is 1. The van der Waals surface area contributed by atoms with Crippen molar-refractivity contribution in [3.63, 3.8) is 0 Å². The number of alkyl halides is 1. The molecule has 2 aromatic heterocycles. The van der Waals surface area contributed by atoms with Crippen molar-refractivity contribution in [2.75, 3.05) is 15.1 Å². The lowest BCUT2D eigenvalue weighted by Crippen LogP contribution is -2.12. The van der Waals surface area contributed by atoms with E-state index < -0.39 is 0 Å². The summed E-state index contributed by atoms with van der Waals surface area (Å²) in [6, 6.07) is 15.2. The summed E-state index contributed by atoms with van der Waals surface area (Å²) in [5.74, 6) is 1.73. The van der Waals surface area contributed by atoms with E-state index in [1.165, 1.54) is 0 Å². The fraction of sp³-hybridized carbons (Fsp3) is 0.0952. The summed E-state index contributed by atoms with van der Waals surface area (Å²) >= 11 is 2.02. The SMILES string of the molecule is Cc1ccccc1Nc1ncc(Oc2cccc(NC(=O)CI)c2)n2cncc12. The summed E-state index contributed by atoms with van der Waals surface area (Å²) in [5.41, 5.74) is 3.57. The minimum absolute atomic E-state index is 0.0620. The van der Waals surface area contributed by atoms with Crippen LogP contribution in [0.3, 0.4) is 0 Å². The first kappa shape index (κ1) is 19.2. The predicted molar refractivity (Wildman–Crippen MR) is 121 cm³/mol. The molecule has 4 aromatic rings. The molecule has 1 amide bonds. The van der Waals surface area contributed by atoms with Crippen molar-refractivity contribution in [2.24, 2.45) is 0 Å². The maximum atomic E-state index is 11.6. The number of carbonyl (C=O) groups excluding carboxylic acids is 1. The fourth-order valence-electron chi connectivity index (χ4n) is 2.86. The van der Waals surface area contributed by atoms with E-state index in [1.54, 1.807) is 24.8 Å². The van der Waals surface area contributed by atoms with Gasteiger partial charge in [-0.3, -0.25) is 9.20 Å². The number of imidazole rings is 1. The van der Waals surface area contributed by atoms with Crippen LogP contribution < -0.4 is 15.4 Å². The van der Waals surface area contributed by atoms with Gasteiger partial charge in [-0.15, -0.1) is 0 Å². The van der Waals surface area contributed by atoms with Crippen LogP contribution in [0, 0.1) is 6.92 Å². The lowest BCUT2D eigenvalue weighted by atomic mass is 10.2. The molecule has 0 saturated heterocycles. The number of halogens is 1. The summed E-state index contributed by atoms with van der Waals surface area (Å²) in [4.78, 5) is 20.4. The maximum absolute atomic E-state index is 11.6. The van der Waals surface area contributed by atoms with Gasteiger partial charge in [0.05, 0.1) is 16.8 Å². The molecule has 4 rings (SSSR count). The van der Waals surface area contributed by atoms with Gasteiger partial charge in [0.1, 0.15) is 17.6 Å². The first-order valence-corrected chi connectivity index (χ1v) is 10.4. The molecule has 8 heteroatoms. The lowest BCUT2D eigenvalue weighted by Gasteiger charge is -2.13. The number of hydrogen-bond acceptors (Lipinski definition) is 5. The number of benzene rings is 2. The number of aromatic nitrogens is 3. The van der Waals surface area contributed by atoms with Gasteiger partial charge in [0.15, 0.2) is 5.82 Å². The predicted octanol–water partition coefficient (Wildman–Crippen LogP) is 4.95. The molecule has 0 unspecified atom stereocenters. The zero-order valence-electron chi connectivity index (χ0n) is 15.6. The van der Waals surface area contributed by atoms with E-state index in [1.807, 2.05) is 76.4 Å². The summed E-state index contributed by atoms with van der Waals surface area (Å²) in [6.45, 7) is 2.04. The molecular formula is C21H18IN5O2. The van der Waals surface area contributed by atoms with E-state index in [-0.39, 0.29) is 5.91 Å². The minimum Gasteiger partial charge on any atom is -0.439 e. The number of nitrogens with zero attached hydrogens (tertiary/aromatic N) is 3. The Labute approximate surface area is 181 Å². The van der Waals surface area contributed by atoms with E-state index >= 15 is 0 Å². The summed E-state index contributed by atoms with van der Waals surface area (Å²) in [7, 11) is 0. The van der Waals surface area contributed by atoms with Crippen molar-refractivity contribution in [2.45, 2.75) is 6.92 Å². The molecule has 0 atom stereocenters. The van der Waals surface area contributed by atoms with E-state index in [9.17, 15) is 4.79 Å². The largest absolute Gasteiger partial charge is 0.439 e. The van der Waals surface area contributed by atoms with Gasteiger partial charge in [0, 0.05) is 17.4 Å². The quantitative estimate of drug-likeness (QED) is 0.290. The van der Waals surface area contributed by atoms with Gasteiger partial charge in [0.25, 0.3) is 0 Å². The number of rotatable bonds is 6. The number of para-hydroxylation sites is 1. The van der Waals surface area contributed by atoms with Crippen LogP contribution >= 0.6 is 22.6 Å². The van der Waals surface area contributed by atoms with Gasteiger partial charge in [-0.2, -0.15) is 0 Å². The monoisotopic (exact) mass is 499 g/mol. The van der Waals surface area contributed by atoms with Crippen molar-refractivity contribution in [3.8, 4) is 11.6 Å². The van der Waals surface area contributed by atoms with Crippen LogP contribution in [0.5, 0.6) is 11.6 Å². The van der Waals surface area contributed by atoms with Gasteiger partial charge in [-0.05, 0) is 30.7 Å². The highest BCUT2D eigenvalue weighted by Gasteiger charge is 2.11. The molecule has 2 heterocycles. The molecule has 0 spiro atoms. The van der Waals surface area contributed by atoms with Crippen LogP contribution in [0.15, 0.2) is 67.3 Å². The Hall–Kier alpha value is -3.14. The highest BCUT2D eigenvalue weighted by atomic mass is 127. The Morgan fingerprint density at radius 1 is 1.17 bits per heavy atom. The molecule has 146 valence electrons. The molecule has 0 radical (unpaired) electrons. The van der Waals surface area contributed by atoms with Crippen LogP contribution in [-0.4, -0.2) is 24.7 Å². The van der Waals surface area contributed by atoms with Crippen LogP contribution in [-0.2, 0) is 4.79 Å². The number of aryl methyl sites for hydroxylation is 1. The molecule has 0 aliphatic heterocycles. The number of fused-ring (bicyclic) bond motifs is 1. The lowest BCUT2D eigenvalue weighted by molar-refractivity contribution is -0.113. The van der Waals surface area contributed by atoms with Crippen molar-refractivity contribution >= 4 is 51.2 Å². The number of nitrogens with one attached hydrogen (secondary N) is 2. The standard InChI is InChI=1S/C21H18IN5O2/c1-14-5-2-3-8-17(14)26-21-18-11-23-13-27(18)20(12-24-21)29-16-7-4-6-15(9-16)25-19(28)10-22/h2-9,11-13H,10H2,1H3,(H,24,26)(H,25,28). The summed E-state index contributed by atoms with van der Waals surface area (Å²) < 4.78 is 8.22. The Morgan fingerprint density at radius 2 is 2.03 bits per heavy atom. The van der Waals surface area contributed by atoms with Crippen molar-refractivity contribution in [3.05, 3.63) is 72.8 Å². The molecular weight excluding hydrogens is 481 g/mol.